The minimum Gasteiger partial charge on any atom is -0.478 e. The Morgan fingerprint density at radius 2 is 2.12 bits per heavy atom. The van der Waals surface area contributed by atoms with Gasteiger partial charge in [-0.05, 0) is 80.0 Å². The SMILES string of the molecule is Cc1ccc(CNC[C@H]2[C@@H]3CC[C@@H](C3)[C@@H]2/C=C\C/C=C/C(=O)O)c(Cl)c1. The fourth-order valence-corrected chi connectivity index (χ4v) is 5.01. The minimum absolute atomic E-state index is 0.618. The van der Waals surface area contributed by atoms with Crippen LogP contribution in [0.25, 0.3) is 0 Å². The fourth-order valence-electron chi connectivity index (χ4n) is 4.71. The largest absolute Gasteiger partial charge is 0.478 e. The van der Waals surface area contributed by atoms with E-state index in [4.69, 9.17) is 16.7 Å². The van der Waals surface area contributed by atoms with Crippen LogP contribution in [0.4, 0.5) is 0 Å². The highest BCUT2D eigenvalue weighted by Crippen LogP contribution is 2.52. The van der Waals surface area contributed by atoms with Crippen molar-refractivity contribution in [3.8, 4) is 0 Å². The second kappa shape index (κ2) is 8.88. The van der Waals surface area contributed by atoms with Gasteiger partial charge in [-0.2, -0.15) is 0 Å². The van der Waals surface area contributed by atoms with Crippen molar-refractivity contribution in [3.63, 3.8) is 0 Å². The van der Waals surface area contributed by atoms with Crippen LogP contribution in [0.5, 0.6) is 0 Å². The lowest BCUT2D eigenvalue weighted by atomic mass is 9.79. The van der Waals surface area contributed by atoms with Gasteiger partial charge < -0.3 is 10.4 Å². The Labute approximate surface area is 161 Å². The van der Waals surface area contributed by atoms with Gasteiger partial charge in [-0.15, -0.1) is 0 Å². The van der Waals surface area contributed by atoms with Crippen LogP contribution in [0.2, 0.25) is 5.02 Å². The summed E-state index contributed by atoms with van der Waals surface area (Å²) in [5.41, 5.74) is 2.35. The van der Waals surface area contributed by atoms with Crippen LogP contribution in [0.15, 0.2) is 42.5 Å². The van der Waals surface area contributed by atoms with E-state index in [1.807, 2.05) is 6.07 Å². The van der Waals surface area contributed by atoms with Gasteiger partial charge in [0.05, 0.1) is 0 Å². The molecular weight excluding hydrogens is 346 g/mol. The van der Waals surface area contributed by atoms with Crippen molar-refractivity contribution in [2.75, 3.05) is 6.54 Å². The Morgan fingerprint density at radius 1 is 1.31 bits per heavy atom. The van der Waals surface area contributed by atoms with E-state index in [-0.39, 0.29) is 0 Å². The Morgan fingerprint density at radius 3 is 2.88 bits per heavy atom. The predicted octanol–water partition coefficient (Wildman–Crippen LogP) is 4.99. The molecule has 0 amide bonds. The Kier molecular flexibility index (Phi) is 6.55. The molecule has 0 heterocycles. The zero-order valence-corrected chi connectivity index (χ0v) is 16.1. The first-order valence-electron chi connectivity index (χ1n) is 9.56. The molecule has 3 nitrogen and oxygen atoms in total. The summed E-state index contributed by atoms with van der Waals surface area (Å²) in [5.74, 6) is 2.04. The minimum atomic E-state index is -0.879. The normalized spacial score (nSPS) is 27.8. The second-order valence-corrected chi connectivity index (χ2v) is 8.11. The molecule has 0 unspecified atom stereocenters. The molecule has 1 aromatic rings. The van der Waals surface area contributed by atoms with Crippen LogP contribution in [-0.2, 0) is 11.3 Å². The van der Waals surface area contributed by atoms with Crippen LogP contribution in [0, 0.1) is 30.6 Å². The number of halogens is 1. The Bertz CT molecular complexity index is 697. The van der Waals surface area contributed by atoms with Crippen molar-refractivity contribution in [2.45, 2.75) is 39.2 Å². The molecule has 2 N–H and O–H groups in total. The summed E-state index contributed by atoms with van der Waals surface area (Å²) < 4.78 is 0. The molecule has 2 fully saturated rings. The van der Waals surface area contributed by atoms with Crippen LogP contribution in [0.3, 0.4) is 0 Å². The highest BCUT2D eigenvalue weighted by molar-refractivity contribution is 6.31. The smallest absolute Gasteiger partial charge is 0.327 e. The number of allylic oxidation sites excluding steroid dienone is 3. The van der Waals surface area contributed by atoms with Crippen molar-refractivity contribution < 1.29 is 9.90 Å². The average Bonchev–Trinajstić information content (AvgIpc) is 3.18. The number of fused-ring (bicyclic) bond motifs is 2. The maximum Gasteiger partial charge on any atom is 0.327 e. The summed E-state index contributed by atoms with van der Waals surface area (Å²) in [6.07, 6.45) is 12.1. The van der Waals surface area contributed by atoms with E-state index in [1.54, 1.807) is 6.08 Å². The van der Waals surface area contributed by atoms with E-state index < -0.39 is 5.97 Å². The van der Waals surface area contributed by atoms with Gasteiger partial charge in [0.1, 0.15) is 0 Å². The third-order valence-electron chi connectivity index (χ3n) is 5.95. The Hall–Kier alpha value is -1.58. The molecule has 2 aliphatic carbocycles. The summed E-state index contributed by atoms with van der Waals surface area (Å²) in [5, 5.41) is 13.1. The lowest BCUT2D eigenvalue weighted by Gasteiger charge is -2.29. The molecule has 140 valence electrons. The fraction of sp³-hybridized carbons (Fsp3) is 0.500. The molecule has 0 spiro atoms. The molecule has 4 heteroatoms. The lowest BCUT2D eigenvalue weighted by molar-refractivity contribution is -0.131. The van der Waals surface area contributed by atoms with E-state index in [1.165, 1.54) is 30.9 Å². The van der Waals surface area contributed by atoms with E-state index in [0.717, 1.165) is 35.5 Å². The van der Waals surface area contributed by atoms with Crippen LogP contribution in [-0.4, -0.2) is 17.6 Å². The Balaban J connectivity index is 1.53. The first-order valence-corrected chi connectivity index (χ1v) is 9.94. The molecule has 26 heavy (non-hydrogen) atoms. The van der Waals surface area contributed by atoms with Crippen LogP contribution < -0.4 is 5.32 Å². The van der Waals surface area contributed by atoms with Crippen molar-refractivity contribution >= 4 is 17.6 Å². The number of hydrogen-bond acceptors (Lipinski definition) is 2. The maximum atomic E-state index is 10.5. The number of benzene rings is 1. The summed E-state index contributed by atoms with van der Waals surface area (Å²) in [7, 11) is 0. The number of carboxylic acids is 1. The number of nitrogens with one attached hydrogen (secondary N) is 1. The number of aryl methyl sites for hydroxylation is 1. The predicted molar refractivity (Wildman–Crippen MR) is 106 cm³/mol. The van der Waals surface area contributed by atoms with Gasteiger partial charge in [0.2, 0.25) is 0 Å². The average molecular weight is 374 g/mol. The number of carboxylic acid groups (broad SMARTS) is 1. The molecule has 0 saturated heterocycles. The van der Waals surface area contributed by atoms with Crippen LogP contribution >= 0.6 is 11.6 Å². The molecule has 4 atom stereocenters. The van der Waals surface area contributed by atoms with Crippen molar-refractivity contribution in [1.29, 1.82) is 0 Å². The van der Waals surface area contributed by atoms with Crippen molar-refractivity contribution in [3.05, 3.63) is 58.7 Å². The van der Waals surface area contributed by atoms with E-state index in [0.29, 0.717) is 18.3 Å². The summed E-state index contributed by atoms with van der Waals surface area (Å²) in [6.45, 7) is 3.89. The van der Waals surface area contributed by atoms with Gasteiger partial charge in [-0.1, -0.05) is 42.0 Å². The lowest BCUT2D eigenvalue weighted by Crippen LogP contribution is -2.31. The zero-order valence-electron chi connectivity index (χ0n) is 15.3. The standard InChI is InChI=1S/C22H28ClNO2/c1-15-7-8-18(21(23)11-15)13-24-14-20-17-10-9-16(12-17)19(20)5-3-2-4-6-22(25)26/h3-8,11,16-17,19-20,24H,2,9-10,12-14H2,1H3,(H,25,26)/b5-3-,6-4+/t16-,17+,19-,20-/m0/s1. The van der Waals surface area contributed by atoms with Crippen molar-refractivity contribution in [2.24, 2.45) is 23.7 Å². The molecule has 2 saturated carbocycles. The van der Waals surface area contributed by atoms with E-state index in [2.05, 4.69) is 36.5 Å². The molecule has 2 bridgehead atoms. The summed E-state index contributed by atoms with van der Waals surface area (Å²) >= 11 is 6.34. The first kappa shape index (κ1) is 19.2. The molecule has 1 aromatic carbocycles. The first-order chi connectivity index (χ1) is 12.5. The number of rotatable bonds is 8. The van der Waals surface area contributed by atoms with Crippen LogP contribution in [0.1, 0.15) is 36.8 Å². The number of aliphatic carboxylic acids is 1. The molecule has 0 aromatic heterocycles. The molecule has 3 rings (SSSR count). The quantitative estimate of drug-likeness (QED) is 0.498. The summed E-state index contributed by atoms with van der Waals surface area (Å²) in [4.78, 5) is 10.5. The molecule has 0 radical (unpaired) electrons. The summed E-state index contributed by atoms with van der Waals surface area (Å²) in [6, 6.07) is 6.24. The highest BCUT2D eigenvalue weighted by Gasteiger charge is 2.45. The van der Waals surface area contributed by atoms with Gasteiger partial charge in [0, 0.05) is 17.6 Å². The van der Waals surface area contributed by atoms with Gasteiger partial charge in [-0.3, -0.25) is 0 Å². The molecule has 2 aliphatic rings. The number of hydrogen-bond donors (Lipinski definition) is 2. The third-order valence-corrected chi connectivity index (χ3v) is 6.30. The van der Waals surface area contributed by atoms with Crippen molar-refractivity contribution in [1.82, 2.24) is 5.32 Å². The van der Waals surface area contributed by atoms with E-state index in [9.17, 15) is 4.79 Å². The monoisotopic (exact) mass is 373 g/mol. The van der Waals surface area contributed by atoms with Gasteiger partial charge in [-0.25, -0.2) is 4.79 Å². The highest BCUT2D eigenvalue weighted by atomic mass is 35.5. The zero-order chi connectivity index (χ0) is 18.5. The van der Waals surface area contributed by atoms with Gasteiger partial charge >= 0.3 is 5.97 Å². The topological polar surface area (TPSA) is 49.3 Å². The second-order valence-electron chi connectivity index (χ2n) is 7.70. The molecular formula is C22H28ClNO2. The molecule has 0 aliphatic heterocycles. The van der Waals surface area contributed by atoms with Gasteiger partial charge in [0.25, 0.3) is 0 Å². The number of carbonyl (C=O) groups is 1. The third kappa shape index (κ3) is 4.77. The van der Waals surface area contributed by atoms with E-state index >= 15 is 0 Å². The van der Waals surface area contributed by atoms with Gasteiger partial charge in [0.15, 0.2) is 0 Å². The maximum absolute atomic E-state index is 10.5.